The highest BCUT2D eigenvalue weighted by molar-refractivity contribution is 14.0. The Balaban J connectivity index is 0.00000225. The number of nitrogens with zero attached hydrogens (tertiary/aromatic N) is 3. The summed E-state index contributed by atoms with van der Waals surface area (Å²) in [5.41, 5.74) is 2.32. The van der Waals surface area contributed by atoms with Gasteiger partial charge in [0.15, 0.2) is 5.96 Å². The zero-order valence-electron chi connectivity index (χ0n) is 14.6. The molecule has 132 valence electrons. The summed E-state index contributed by atoms with van der Waals surface area (Å²) in [6.07, 6.45) is 1.80. The van der Waals surface area contributed by atoms with Gasteiger partial charge in [-0.2, -0.15) is 5.10 Å². The Kier molecular flexibility index (Phi) is 7.24. The van der Waals surface area contributed by atoms with Gasteiger partial charge in [0.25, 0.3) is 0 Å². The maximum atomic E-state index is 4.68. The zero-order valence-corrected chi connectivity index (χ0v) is 16.9. The van der Waals surface area contributed by atoms with Crippen molar-refractivity contribution in [2.24, 2.45) is 12.0 Å². The first kappa shape index (κ1) is 19.2. The van der Waals surface area contributed by atoms with Crippen LogP contribution < -0.4 is 10.6 Å². The first-order valence-corrected chi connectivity index (χ1v) is 8.23. The van der Waals surface area contributed by atoms with Crippen LogP contribution in [-0.2, 0) is 20.1 Å². The summed E-state index contributed by atoms with van der Waals surface area (Å²) >= 11 is 0. The van der Waals surface area contributed by atoms with Gasteiger partial charge in [-0.15, -0.1) is 24.0 Å². The summed E-state index contributed by atoms with van der Waals surface area (Å²) in [4.78, 5) is 4.68. The highest BCUT2D eigenvalue weighted by Gasteiger charge is 2.02. The molecule has 3 aromatic rings. The molecule has 0 bridgehead atoms. The van der Waals surface area contributed by atoms with E-state index >= 15 is 0 Å². The number of aryl methyl sites for hydroxylation is 1. The molecule has 25 heavy (non-hydrogen) atoms. The third-order valence-corrected chi connectivity index (χ3v) is 3.94. The van der Waals surface area contributed by atoms with E-state index in [4.69, 9.17) is 0 Å². The molecule has 0 fully saturated rings. The van der Waals surface area contributed by atoms with Gasteiger partial charge in [0.1, 0.15) is 0 Å². The minimum Gasteiger partial charge on any atom is -0.357 e. The fourth-order valence-corrected chi connectivity index (χ4v) is 2.60. The highest BCUT2D eigenvalue weighted by Crippen LogP contribution is 2.16. The van der Waals surface area contributed by atoms with Crippen LogP contribution in [0, 0.1) is 0 Å². The van der Waals surface area contributed by atoms with E-state index in [2.05, 4.69) is 70.1 Å². The summed E-state index contributed by atoms with van der Waals surface area (Å²) in [6, 6.07) is 16.9. The summed E-state index contributed by atoms with van der Waals surface area (Å²) < 4.78 is 1.86. The van der Waals surface area contributed by atoms with E-state index < -0.39 is 0 Å². The van der Waals surface area contributed by atoms with Gasteiger partial charge in [-0.05, 0) is 35.4 Å². The monoisotopic (exact) mass is 449 g/mol. The molecule has 0 saturated heterocycles. The van der Waals surface area contributed by atoms with Crippen molar-refractivity contribution in [1.82, 2.24) is 20.4 Å². The Hall–Kier alpha value is -2.09. The van der Waals surface area contributed by atoms with E-state index in [-0.39, 0.29) is 24.0 Å². The Morgan fingerprint density at radius 1 is 1.08 bits per heavy atom. The van der Waals surface area contributed by atoms with E-state index in [1.54, 1.807) is 6.20 Å². The predicted octanol–water partition coefficient (Wildman–Crippen LogP) is 3.45. The number of aliphatic imine (C=N–C) groups is 1. The first-order chi connectivity index (χ1) is 11.8. The molecule has 2 aromatic carbocycles. The van der Waals surface area contributed by atoms with E-state index in [0.717, 1.165) is 18.2 Å². The van der Waals surface area contributed by atoms with Crippen LogP contribution in [0.1, 0.15) is 18.2 Å². The van der Waals surface area contributed by atoms with Crippen molar-refractivity contribution < 1.29 is 0 Å². The van der Waals surface area contributed by atoms with Crippen molar-refractivity contribution in [3.63, 3.8) is 0 Å². The van der Waals surface area contributed by atoms with Crippen molar-refractivity contribution >= 4 is 40.7 Å². The molecule has 0 amide bonds. The summed E-state index contributed by atoms with van der Waals surface area (Å²) in [7, 11) is 1.94. The molecule has 2 N–H and O–H groups in total. The molecule has 0 atom stereocenters. The van der Waals surface area contributed by atoms with Crippen molar-refractivity contribution in [2.45, 2.75) is 20.0 Å². The minimum atomic E-state index is 0. The van der Waals surface area contributed by atoms with Crippen LogP contribution in [0.4, 0.5) is 0 Å². The van der Waals surface area contributed by atoms with Crippen molar-refractivity contribution in [3.8, 4) is 0 Å². The second-order valence-corrected chi connectivity index (χ2v) is 5.68. The lowest BCUT2D eigenvalue weighted by atomic mass is 10.1. The predicted molar refractivity (Wildman–Crippen MR) is 114 cm³/mol. The van der Waals surface area contributed by atoms with E-state index in [1.165, 1.54) is 16.3 Å². The molecular formula is C19H24IN5. The van der Waals surface area contributed by atoms with E-state index in [9.17, 15) is 0 Å². The summed E-state index contributed by atoms with van der Waals surface area (Å²) in [5, 5.41) is 13.3. The molecule has 0 radical (unpaired) electrons. The molecule has 6 heteroatoms. The van der Waals surface area contributed by atoms with Crippen molar-refractivity contribution in [3.05, 3.63) is 66.0 Å². The van der Waals surface area contributed by atoms with Gasteiger partial charge >= 0.3 is 0 Å². The van der Waals surface area contributed by atoms with Crippen LogP contribution in [0.15, 0.2) is 59.7 Å². The lowest BCUT2D eigenvalue weighted by Crippen LogP contribution is -2.37. The van der Waals surface area contributed by atoms with E-state index in [1.807, 2.05) is 17.8 Å². The molecule has 0 aliphatic heterocycles. The topological polar surface area (TPSA) is 54.2 Å². The standard InChI is InChI=1S/C19H23N5.HI/c1-3-20-19(22-14-18-10-11-23-24(18)2)21-13-15-8-9-16-6-4-5-7-17(16)12-15;/h4-12H,3,13-14H2,1-2H3,(H2,20,21,22);1H. The fourth-order valence-electron chi connectivity index (χ4n) is 2.60. The number of halogens is 1. The number of benzene rings is 2. The normalized spacial score (nSPS) is 11.2. The Labute approximate surface area is 165 Å². The number of nitrogens with one attached hydrogen (secondary N) is 2. The first-order valence-electron chi connectivity index (χ1n) is 8.23. The zero-order chi connectivity index (χ0) is 16.8. The molecule has 0 spiro atoms. The quantitative estimate of drug-likeness (QED) is 0.357. The number of rotatable bonds is 5. The van der Waals surface area contributed by atoms with Crippen molar-refractivity contribution in [1.29, 1.82) is 0 Å². The van der Waals surface area contributed by atoms with Crippen LogP contribution in [0.5, 0.6) is 0 Å². The van der Waals surface area contributed by atoms with Crippen LogP contribution in [0.3, 0.4) is 0 Å². The maximum absolute atomic E-state index is 4.68. The van der Waals surface area contributed by atoms with Gasteiger partial charge in [0, 0.05) is 19.8 Å². The Bertz CT molecular complexity index is 840. The lowest BCUT2D eigenvalue weighted by molar-refractivity contribution is 0.685. The molecule has 0 aliphatic rings. The molecule has 1 heterocycles. The third-order valence-electron chi connectivity index (χ3n) is 3.94. The Morgan fingerprint density at radius 3 is 2.60 bits per heavy atom. The van der Waals surface area contributed by atoms with Gasteiger partial charge < -0.3 is 10.6 Å². The number of guanidine groups is 1. The average Bonchev–Trinajstić information content (AvgIpc) is 3.02. The molecular weight excluding hydrogens is 425 g/mol. The highest BCUT2D eigenvalue weighted by atomic mass is 127. The number of aromatic nitrogens is 2. The maximum Gasteiger partial charge on any atom is 0.191 e. The van der Waals surface area contributed by atoms with Crippen LogP contribution in [0.2, 0.25) is 0 Å². The molecule has 0 saturated carbocycles. The summed E-state index contributed by atoms with van der Waals surface area (Å²) in [6.45, 7) is 4.23. The van der Waals surface area contributed by atoms with Crippen LogP contribution in [0.25, 0.3) is 10.8 Å². The molecule has 5 nitrogen and oxygen atoms in total. The van der Waals surface area contributed by atoms with Gasteiger partial charge in [-0.1, -0.05) is 36.4 Å². The smallest absolute Gasteiger partial charge is 0.191 e. The SMILES string of the molecule is CCNC(=NCc1ccc2ccccc2c1)NCc1ccnn1C.I. The second kappa shape index (κ2) is 9.41. The van der Waals surface area contributed by atoms with Gasteiger partial charge in [-0.25, -0.2) is 4.99 Å². The largest absolute Gasteiger partial charge is 0.357 e. The Morgan fingerprint density at radius 2 is 1.88 bits per heavy atom. The van der Waals surface area contributed by atoms with Gasteiger partial charge in [0.2, 0.25) is 0 Å². The second-order valence-electron chi connectivity index (χ2n) is 5.68. The number of hydrogen-bond donors (Lipinski definition) is 2. The van der Waals surface area contributed by atoms with Gasteiger partial charge in [0.05, 0.1) is 18.8 Å². The molecule has 0 aliphatic carbocycles. The lowest BCUT2D eigenvalue weighted by Gasteiger charge is -2.11. The van der Waals surface area contributed by atoms with Crippen LogP contribution >= 0.6 is 24.0 Å². The number of fused-ring (bicyclic) bond motifs is 1. The molecule has 3 rings (SSSR count). The fraction of sp³-hybridized carbons (Fsp3) is 0.263. The molecule has 0 unspecified atom stereocenters. The van der Waals surface area contributed by atoms with Crippen LogP contribution in [-0.4, -0.2) is 22.3 Å². The summed E-state index contributed by atoms with van der Waals surface area (Å²) in [5.74, 6) is 0.812. The molecule has 1 aromatic heterocycles. The van der Waals surface area contributed by atoms with Crippen molar-refractivity contribution in [2.75, 3.05) is 6.54 Å². The minimum absolute atomic E-state index is 0. The average molecular weight is 449 g/mol. The van der Waals surface area contributed by atoms with Gasteiger partial charge in [-0.3, -0.25) is 4.68 Å². The van der Waals surface area contributed by atoms with E-state index in [0.29, 0.717) is 13.1 Å². The third kappa shape index (κ3) is 5.19. The number of hydrogen-bond acceptors (Lipinski definition) is 2.